The predicted molar refractivity (Wildman–Crippen MR) is 89.2 cm³/mol. The van der Waals surface area contributed by atoms with E-state index in [4.69, 9.17) is 9.47 Å². The number of fused-ring (bicyclic) bond motifs is 1. The maximum atomic E-state index is 12.9. The highest BCUT2D eigenvalue weighted by molar-refractivity contribution is 5.94. The van der Waals surface area contributed by atoms with Gasteiger partial charge in [0.1, 0.15) is 12.2 Å². The summed E-state index contributed by atoms with van der Waals surface area (Å²) in [6.07, 6.45) is 10.7. The zero-order valence-corrected chi connectivity index (χ0v) is 13.9. The lowest BCUT2D eigenvalue weighted by molar-refractivity contribution is -0.130. The van der Waals surface area contributed by atoms with Crippen molar-refractivity contribution in [2.45, 2.75) is 57.0 Å². The Balaban J connectivity index is 1.45. The Morgan fingerprint density at radius 3 is 3.17 bits per heavy atom. The fourth-order valence-electron chi connectivity index (χ4n) is 4.03. The Kier molecular flexibility index (Phi) is 4.63. The van der Waals surface area contributed by atoms with E-state index in [1.165, 1.54) is 0 Å². The number of nitrogens with zero attached hydrogens (tertiary/aromatic N) is 2. The van der Waals surface area contributed by atoms with Gasteiger partial charge in [-0.3, -0.25) is 9.78 Å². The molecule has 0 radical (unpaired) electrons. The molecule has 128 valence electrons. The molecule has 0 bridgehead atoms. The molecule has 0 N–H and O–H groups in total. The van der Waals surface area contributed by atoms with E-state index in [2.05, 4.69) is 11.1 Å². The minimum Gasteiger partial charge on any atom is -0.373 e. The first-order valence-electron chi connectivity index (χ1n) is 8.95. The Bertz CT molecular complexity index is 616. The maximum absolute atomic E-state index is 12.9. The second kappa shape index (κ2) is 7.03. The number of rotatable bonds is 4. The van der Waals surface area contributed by atoms with E-state index in [-0.39, 0.29) is 24.2 Å². The molecule has 1 aromatic rings. The zero-order valence-electron chi connectivity index (χ0n) is 13.9. The molecule has 3 heterocycles. The number of carbonyl (C=O) groups excluding carboxylic acids is 1. The molecule has 0 aromatic carbocycles. The largest absolute Gasteiger partial charge is 0.373 e. The first-order valence-corrected chi connectivity index (χ1v) is 8.95. The number of aromatic nitrogens is 1. The fraction of sp³-hybridized carbons (Fsp3) is 0.579. The van der Waals surface area contributed by atoms with Crippen molar-refractivity contribution >= 4 is 5.91 Å². The van der Waals surface area contributed by atoms with Crippen molar-refractivity contribution in [3.05, 3.63) is 41.7 Å². The molecule has 1 aliphatic carbocycles. The summed E-state index contributed by atoms with van der Waals surface area (Å²) in [5, 5.41) is 0. The van der Waals surface area contributed by atoms with Crippen molar-refractivity contribution in [1.82, 2.24) is 9.88 Å². The van der Waals surface area contributed by atoms with Gasteiger partial charge >= 0.3 is 0 Å². The van der Waals surface area contributed by atoms with Crippen LogP contribution in [0.5, 0.6) is 0 Å². The van der Waals surface area contributed by atoms with Crippen molar-refractivity contribution in [2.24, 2.45) is 0 Å². The number of pyridine rings is 1. The minimum absolute atomic E-state index is 0.00127. The normalized spacial score (nSPS) is 29.4. The number of ether oxygens (including phenoxy) is 2. The van der Waals surface area contributed by atoms with Crippen molar-refractivity contribution in [1.29, 1.82) is 0 Å². The van der Waals surface area contributed by atoms with Crippen LogP contribution in [0.4, 0.5) is 0 Å². The van der Waals surface area contributed by atoms with E-state index in [0.717, 1.165) is 49.8 Å². The van der Waals surface area contributed by atoms with Crippen LogP contribution in [-0.2, 0) is 20.9 Å². The highest BCUT2D eigenvalue weighted by atomic mass is 16.5. The molecule has 3 atom stereocenters. The molecule has 2 aliphatic heterocycles. The van der Waals surface area contributed by atoms with Gasteiger partial charge in [0.25, 0.3) is 0 Å². The molecular weight excluding hydrogens is 304 g/mol. The molecule has 0 spiro atoms. The molecule has 2 saturated heterocycles. The second-order valence-electron chi connectivity index (χ2n) is 6.83. The summed E-state index contributed by atoms with van der Waals surface area (Å²) in [5.41, 5.74) is 2.03. The third-order valence-electron chi connectivity index (χ3n) is 5.24. The van der Waals surface area contributed by atoms with Gasteiger partial charge < -0.3 is 14.4 Å². The molecule has 3 aliphatic rings. The standard InChI is InChI=1S/C19H24N2O3/c22-19(15-6-1-2-7-15)21-12-17(18-16(21)8-4-10-23-18)24-13-14-5-3-9-20-11-14/h3,5-6,9,11,16-18H,1-2,4,7-8,10,12-13H2/t16-,17+,18+/m0/s1. The summed E-state index contributed by atoms with van der Waals surface area (Å²) in [7, 11) is 0. The summed E-state index contributed by atoms with van der Waals surface area (Å²) < 4.78 is 12.1. The van der Waals surface area contributed by atoms with Crippen LogP contribution >= 0.6 is 0 Å². The van der Waals surface area contributed by atoms with Crippen LogP contribution in [0.1, 0.15) is 37.7 Å². The van der Waals surface area contributed by atoms with E-state index >= 15 is 0 Å². The van der Waals surface area contributed by atoms with Gasteiger partial charge in [0.2, 0.25) is 5.91 Å². The Labute approximate surface area is 142 Å². The molecule has 24 heavy (non-hydrogen) atoms. The van der Waals surface area contributed by atoms with Gasteiger partial charge in [0, 0.05) is 24.6 Å². The number of hydrogen-bond donors (Lipinski definition) is 0. The van der Waals surface area contributed by atoms with Crippen molar-refractivity contribution in [3.63, 3.8) is 0 Å². The minimum atomic E-state index is -0.0542. The maximum Gasteiger partial charge on any atom is 0.249 e. The molecule has 0 unspecified atom stereocenters. The number of allylic oxidation sites excluding steroid dienone is 1. The van der Waals surface area contributed by atoms with Gasteiger partial charge in [-0.2, -0.15) is 0 Å². The van der Waals surface area contributed by atoms with Crippen LogP contribution in [0.15, 0.2) is 36.2 Å². The van der Waals surface area contributed by atoms with Crippen molar-refractivity contribution in [3.8, 4) is 0 Å². The lowest BCUT2D eigenvalue weighted by atomic mass is 10.0. The summed E-state index contributed by atoms with van der Waals surface area (Å²) >= 11 is 0. The van der Waals surface area contributed by atoms with Gasteiger partial charge in [-0.1, -0.05) is 12.1 Å². The Morgan fingerprint density at radius 1 is 1.42 bits per heavy atom. The molecule has 2 fully saturated rings. The first-order chi connectivity index (χ1) is 11.8. The van der Waals surface area contributed by atoms with Crippen LogP contribution in [-0.4, -0.2) is 47.2 Å². The van der Waals surface area contributed by atoms with Gasteiger partial charge in [-0.15, -0.1) is 0 Å². The number of carbonyl (C=O) groups is 1. The van der Waals surface area contributed by atoms with Crippen molar-refractivity contribution in [2.75, 3.05) is 13.2 Å². The van der Waals surface area contributed by atoms with Gasteiger partial charge in [-0.05, 0) is 43.7 Å². The first kappa shape index (κ1) is 15.8. The lowest BCUT2D eigenvalue weighted by Gasteiger charge is -2.32. The van der Waals surface area contributed by atoms with E-state index in [9.17, 15) is 4.79 Å². The highest BCUT2D eigenvalue weighted by Gasteiger charge is 2.47. The highest BCUT2D eigenvalue weighted by Crippen LogP contribution is 2.33. The quantitative estimate of drug-likeness (QED) is 0.852. The van der Waals surface area contributed by atoms with Gasteiger partial charge in [0.05, 0.1) is 19.2 Å². The van der Waals surface area contributed by atoms with Crippen LogP contribution in [0.2, 0.25) is 0 Å². The molecule has 5 heteroatoms. The average Bonchev–Trinajstić information content (AvgIpc) is 3.29. The molecule has 1 aromatic heterocycles. The Hall–Kier alpha value is -1.72. The SMILES string of the molecule is O=C(C1=CCCC1)N1C[C@@H](OCc2cccnc2)[C@@H]2OCCC[C@@H]21. The summed E-state index contributed by atoms with van der Waals surface area (Å²) in [4.78, 5) is 19.0. The number of likely N-dealkylation sites (tertiary alicyclic amines) is 1. The van der Waals surface area contributed by atoms with E-state index < -0.39 is 0 Å². The average molecular weight is 328 g/mol. The zero-order chi connectivity index (χ0) is 16.4. The lowest BCUT2D eigenvalue weighted by Crippen LogP contribution is -2.44. The monoisotopic (exact) mass is 328 g/mol. The number of hydrogen-bond acceptors (Lipinski definition) is 4. The molecule has 0 saturated carbocycles. The summed E-state index contributed by atoms with van der Waals surface area (Å²) in [5.74, 6) is 0.195. The smallest absolute Gasteiger partial charge is 0.249 e. The third kappa shape index (κ3) is 3.10. The third-order valence-corrected chi connectivity index (χ3v) is 5.24. The van der Waals surface area contributed by atoms with Crippen molar-refractivity contribution < 1.29 is 14.3 Å². The van der Waals surface area contributed by atoms with Crippen LogP contribution in [0.25, 0.3) is 0 Å². The number of amides is 1. The van der Waals surface area contributed by atoms with E-state index in [1.54, 1.807) is 6.20 Å². The fourth-order valence-corrected chi connectivity index (χ4v) is 4.03. The molecule has 4 rings (SSSR count). The Morgan fingerprint density at radius 2 is 2.38 bits per heavy atom. The summed E-state index contributed by atoms with van der Waals surface area (Å²) in [6.45, 7) is 1.90. The van der Waals surface area contributed by atoms with Crippen LogP contribution in [0, 0.1) is 0 Å². The van der Waals surface area contributed by atoms with Crippen LogP contribution in [0.3, 0.4) is 0 Å². The van der Waals surface area contributed by atoms with Gasteiger partial charge in [-0.25, -0.2) is 0 Å². The summed E-state index contributed by atoms with van der Waals surface area (Å²) in [6, 6.07) is 4.08. The molecule has 1 amide bonds. The van der Waals surface area contributed by atoms with E-state index in [0.29, 0.717) is 13.2 Å². The van der Waals surface area contributed by atoms with E-state index in [1.807, 2.05) is 23.2 Å². The predicted octanol–water partition coefficient (Wildman–Crippen LogP) is 2.47. The van der Waals surface area contributed by atoms with Crippen LogP contribution < -0.4 is 0 Å². The molecule has 5 nitrogen and oxygen atoms in total. The van der Waals surface area contributed by atoms with Gasteiger partial charge in [0.15, 0.2) is 0 Å². The topological polar surface area (TPSA) is 51.7 Å². The molecular formula is C19H24N2O3. The second-order valence-corrected chi connectivity index (χ2v) is 6.83.